The Morgan fingerprint density at radius 2 is 1.47 bits per heavy atom. The number of morpholine rings is 1. The average Bonchev–Trinajstić information content (AvgIpc) is 2.37. The number of hydrogen-bond donors (Lipinski definition) is 1. The molecule has 0 spiro atoms. The Kier molecular flexibility index (Phi) is 4.64. The van der Waals surface area contributed by atoms with E-state index in [9.17, 15) is 9.59 Å². The summed E-state index contributed by atoms with van der Waals surface area (Å²) in [6.07, 6.45) is 0. The molecule has 2 aliphatic rings. The minimum atomic E-state index is -2.23. The smallest absolute Gasteiger partial charge is 0.231 e. The molecule has 2 rings (SSSR count). The first kappa shape index (κ1) is 16.1. The van der Waals surface area contributed by atoms with Crippen LogP contribution in [0.5, 0.6) is 0 Å². The van der Waals surface area contributed by atoms with Crippen LogP contribution >= 0.6 is 58.0 Å². The van der Waals surface area contributed by atoms with E-state index in [0.717, 1.165) is 4.90 Å². The van der Waals surface area contributed by atoms with Gasteiger partial charge in [0.05, 0.1) is 13.2 Å². The lowest BCUT2D eigenvalue weighted by Gasteiger charge is -2.43. The van der Waals surface area contributed by atoms with Crippen LogP contribution in [0.3, 0.4) is 0 Å². The monoisotopic (exact) mass is 368 g/mol. The molecule has 1 N–H and O–H groups in total. The van der Waals surface area contributed by atoms with Crippen LogP contribution in [0, 0.1) is 0 Å². The number of alkyl halides is 5. The van der Waals surface area contributed by atoms with E-state index < -0.39 is 31.7 Å². The van der Waals surface area contributed by atoms with Crippen molar-refractivity contribution in [1.82, 2.24) is 0 Å². The number of hydrogen-bond acceptors (Lipinski definition) is 3. The van der Waals surface area contributed by atoms with E-state index in [1.807, 2.05) is 0 Å². The van der Waals surface area contributed by atoms with E-state index in [1.165, 1.54) is 0 Å². The molecule has 1 aliphatic heterocycles. The molecule has 0 radical (unpaired) electrons. The van der Waals surface area contributed by atoms with Crippen LogP contribution in [0.4, 0.5) is 0 Å². The van der Waals surface area contributed by atoms with Crippen LogP contribution in [0.25, 0.3) is 0 Å². The molecule has 0 bridgehead atoms. The first-order valence-electron chi connectivity index (χ1n) is 5.62. The van der Waals surface area contributed by atoms with E-state index >= 15 is 0 Å². The zero-order valence-electron chi connectivity index (χ0n) is 9.60. The fourth-order valence-corrected chi connectivity index (χ4v) is 3.71. The third-order valence-electron chi connectivity index (χ3n) is 3.41. The van der Waals surface area contributed by atoms with Crippen LogP contribution in [0.1, 0.15) is 0 Å². The highest BCUT2D eigenvalue weighted by atomic mass is 35.5. The minimum Gasteiger partial charge on any atom is -0.370 e. The van der Waals surface area contributed by atoms with Crippen molar-refractivity contribution >= 4 is 69.6 Å². The predicted molar refractivity (Wildman–Crippen MR) is 73.8 cm³/mol. The van der Waals surface area contributed by atoms with Crippen LogP contribution in [-0.2, 0) is 14.3 Å². The molecule has 108 valence electrons. The normalized spacial score (nSPS) is 35.4. The lowest BCUT2D eigenvalue weighted by molar-refractivity contribution is -0.922. The topological polar surface area (TPSA) is 47.8 Å². The van der Waals surface area contributed by atoms with Gasteiger partial charge in [-0.1, -0.05) is 46.4 Å². The molecule has 2 atom stereocenters. The van der Waals surface area contributed by atoms with Crippen molar-refractivity contribution in [2.45, 2.75) is 20.1 Å². The van der Waals surface area contributed by atoms with Gasteiger partial charge in [0, 0.05) is 0 Å². The van der Waals surface area contributed by atoms with Gasteiger partial charge in [-0.2, -0.15) is 0 Å². The third kappa shape index (κ3) is 2.50. The largest absolute Gasteiger partial charge is 0.370 e. The van der Waals surface area contributed by atoms with E-state index in [2.05, 4.69) is 0 Å². The zero-order valence-corrected chi connectivity index (χ0v) is 13.4. The number of nitrogens with one attached hydrogen (secondary N) is 1. The first-order chi connectivity index (χ1) is 8.71. The maximum absolute atomic E-state index is 12.4. The highest BCUT2D eigenvalue weighted by Crippen LogP contribution is 2.49. The molecule has 0 aromatic heterocycles. The number of carbonyl (C=O) groups is 2. The van der Waals surface area contributed by atoms with Gasteiger partial charge in [-0.25, -0.2) is 0 Å². The fourth-order valence-electron chi connectivity index (χ4n) is 2.30. The van der Waals surface area contributed by atoms with Crippen molar-refractivity contribution in [1.29, 1.82) is 0 Å². The second-order valence-corrected chi connectivity index (χ2v) is 7.65. The Balaban J connectivity index is 2.34. The average molecular weight is 370 g/mol. The number of carbonyl (C=O) groups excluding carboxylic acids is 2. The molecule has 0 unspecified atom stereocenters. The van der Waals surface area contributed by atoms with Crippen LogP contribution in [0.2, 0.25) is 0 Å². The zero-order chi connectivity index (χ0) is 14.4. The van der Waals surface area contributed by atoms with Crippen LogP contribution in [-0.4, -0.2) is 58.0 Å². The summed E-state index contributed by atoms with van der Waals surface area (Å²) in [6.45, 7) is 2.02. The molecular formula is C10H11Cl5NO3+. The van der Waals surface area contributed by atoms with Gasteiger partial charge in [0.2, 0.25) is 14.4 Å². The van der Waals surface area contributed by atoms with Crippen molar-refractivity contribution < 1.29 is 19.2 Å². The Morgan fingerprint density at radius 1 is 1.00 bits per heavy atom. The van der Waals surface area contributed by atoms with Gasteiger partial charge in [-0.05, 0) is 0 Å². The predicted octanol–water partition coefficient (Wildman–Crippen LogP) is 0.377. The van der Waals surface area contributed by atoms with E-state index in [-0.39, 0.29) is 0 Å². The third-order valence-corrected chi connectivity index (χ3v) is 6.13. The van der Waals surface area contributed by atoms with Crippen molar-refractivity contribution in [3.63, 3.8) is 0 Å². The lowest BCUT2D eigenvalue weighted by Crippen LogP contribution is -3.20. The highest BCUT2D eigenvalue weighted by Gasteiger charge is 2.68. The summed E-state index contributed by atoms with van der Waals surface area (Å²) in [4.78, 5) is 25.3. The Morgan fingerprint density at radius 3 is 2.00 bits per heavy atom. The molecule has 1 saturated carbocycles. The van der Waals surface area contributed by atoms with Crippen LogP contribution < -0.4 is 4.90 Å². The highest BCUT2D eigenvalue weighted by molar-refractivity contribution is 6.76. The van der Waals surface area contributed by atoms with Gasteiger partial charge in [-0.15, -0.1) is 11.6 Å². The molecule has 9 heteroatoms. The SMILES string of the molecule is O=C1[C@@H](Cl)[C@@H]([NH+]2CCOCC2)C(=O)C(Cl)(Cl)C1(Cl)Cl. The number of Topliss-reactive ketones (excluding diaryl/α,β-unsaturated/α-hetero) is 2. The minimum absolute atomic E-state index is 0.474. The van der Waals surface area contributed by atoms with Gasteiger partial charge in [0.15, 0.2) is 17.2 Å². The van der Waals surface area contributed by atoms with Crippen molar-refractivity contribution in [3.8, 4) is 0 Å². The maximum atomic E-state index is 12.4. The van der Waals surface area contributed by atoms with Gasteiger partial charge in [0.25, 0.3) is 0 Å². The summed E-state index contributed by atoms with van der Waals surface area (Å²) >= 11 is 29.5. The Labute approximate surface area is 135 Å². The van der Waals surface area contributed by atoms with Gasteiger partial charge in [-0.3, -0.25) is 9.59 Å². The number of halogens is 5. The number of ether oxygens (including phenoxy) is 1. The standard InChI is InChI=1S/C10H10Cl5NO3/c11-5-6(16-1-3-19-4-2-16)8(18)10(14,15)9(12,13)7(5)17/h5-6H,1-4H2/p+1/t5-,6+/m0/s1. The molecular weight excluding hydrogens is 359 g/mol. The lowest BCUT2D eigenvalue weighted by atomic mass is 9.89. The van der Waals surface area contributed by atoms with Crippen LogP contribution in [0.15, 0.2) is 0 Å². The fraction of sp³-hybridized carbons (Fsp3) is 0.800. The second-order valence-electron chi connectivity index (χ2n) is 4.53. The summed E-state index contributed by atoms with van der Waals surface area (Å²) in [5.74, 6) is -1.37. The van der Waals surface area contributed by atoms with E-state index in [1.54, 1.807) is 0 Å². The first-order valence-corrected chi connectivity index (χ1v) is 7.56. The van der Waals surface area contributed by atoms with E-state index in [0.29, 0.717) is 26.3 Å². The van der Waals surface area contributed by atoms with Crippen molar-refractivity contribution in [2.75, 3.05) is 26.3 Å². The molecule has 0 amide bonds. The van der Waals surface area contributed by atoms with Gasteiger partial charge >= 0.3 is 0 Å². The molecule has 1 heterocycles. The number of ketones is 2. The van der Waals surface area contributed by atoms with Gasteiger partial charge < -0.3 is 9.64 Å². The molecule has 1 aliphatic carbocycles. The maximum Gasteiger partial charge on any atom is 0.231 e. The second kappa shape index (κ2) is 5.48. The molecule has 0 aromatic carbocycles. The molecule has 0 aromatic rings. The molecule has 1 saturated heterocycles. The summed E-state index contributed by atoms with van der Waals surface area (Å²) < 4.78 is 0.768. The summed E-state index contributed by atoms with van der Waals surface area (Å²) in [7, 11) is 0. The Bertz CT molecular complexity index is 408. The molecule has 19 heavy (non-hydrogen) atoms. The molecule has 4 nitrogen and oxygen atoms in total. The number of quaternary nitrogens is 1. The summed E-state index contributed by atoms with van der Waals surface area (Å²) in [5.41, 5.74) is 0. The van der Waals surface area contributed by atoms with Crippen molar-refractivity contribution in [2.24, 2.45) is 0 Å². The van der Waals surface area contributed by atoms with Crippen molar-refractivity contribution in [3.05, 3.63) is 0 Å². The van der Waals surface area contributed by atoms with E-state index in [4.69, 9.17) is 62.7 Å². The Hall–Kier alpha value is 0.710. The quantitative estimate of drug-likeness (QED) is 0.679. The summed E-state index contributed by atoms with van der Waals surface area (Å²) in [5, 5.41) is -1.15. The summed E-state index contributed by atoms with van der Waals surface area (Å²) in [6, 6.07) is -0.862. The molecule has 2 fully saturated rings. The van der Waals surface area contributed by atoms with Gasteiger partial charge in [0.1, 0.15) is 13.1 Å². The number of rotatable bonds is 1.